The van der Waals surface area contributed by atoms with Crippen LogP contribution >= 0.6 is 0 Å². The van der Waals surface area contributed by atoms with E-state index in [0.29, 0.717) is 31.0 Å². The van der Waals surface area contributed by atoms with Gasteiger partial charge in [-0.15, -0.1) is 0 Å². The second-order valence-corrected chi connectivity index (χ2v) is 8.66. The van der Waals surface area contributed by atoms with Gasteiger partial charge in [0, 0.05) is 37.6 Å². The van der Waals surface area contributed by atoms with Crippen LogP contribution in [0.4, 0.5) is 0 Å². The SMILES string of the molecule is CCN(CC)S(=O)(=O)c1cccc(C(=O)N(Cc2cccnc2)Cc2ccco2)c1. The highest BCUT2D eigenvalue weighted by Gasteiger charge is 2.24. The summed E-state index contributed by atoms with van der Waals surface area (Å²) in [6.45, 7) is 4.88. The predicted octanol–water partition coefficient (Wildman–Crippen LogP) is 3.55. The number of pyridine rings is 1. The summed E-state index contributed by atoms with van der Waals surface area (Å²) >= 11 is 0. The molecule has 0 N–H and O–H groups in total. The molecule has 3 aromatic rings. The fourth-order valence-corrected chi connectivity index (χ4v) is 4.69. The van der Waals surface area contributed by atoms with E-state index < -0.39 is 10.0 Å². The Morgan fingerprint density at radius 2 is 1.83 bits per heavy atom. The molecule has 8 heteroatoms. The number of sulfonamides is 1. The van der Waals surface area contributed by atoms with Gasteiger partial charge in [0.25, 0.3) is 5.91 Å². The van der Waals surface area contributed by atoms with Gasteiger partial charge in [0.1, 0.15) is 5.76 Å². The van der Waals surface area contributed by atoms with E-state index in [9.17, 15) is 13.2 Å². The first-order valence-electron chi connectivity index (χ1n) is 9.76. The van der Waals surface area contributed by atoms with Crippen molar-refractivity contribution in [1.82, 2.24) is 14.2 Å². The number of furan rings is 1. The molecule has 0 spiro atoms. The fourth-order valence-electron chi connectivity index (χ4n) is 3.19. The topological polar surface area (TPSA) is 83.7 Å². The van der Waals surface area contributed by atoms with Crippen molar-refractivity contribution in [3.63, 3.8) is 0 Å². The van der Waals surface area contributed by atoms with E-state index in [1.807, 2.05) is 12.1 Å². The molecule has 0 aliphatic heterocycles. The molecule has 1 aromatic carbocycles. The number of aromatic nitrogens is 1. The number of nitrogens with zero attached hydrogens (tertiary/aromatic N) is 3. The van der Waals surface area contributed by atoms with Gasteiger partial charge in [-0.1, -0.05) is 26.0 Å². The zero-order chi connectivity index (χ0) is 21.6. The van der Waals surface area contributed by atoms with Crippen molar-refractivity contribution < 1.29 is 17.6 Å². The lowest BCUT2D eigenvalue weighted by molar-refractivity contribution is 0.0717. The van der Waals surface area contributed by atoms with Crippen molar-refractivity contribution in [3.05, 3.63) is 84.1 Å². The summed E-state index contributed by atoms with van der Waals surface area (Å²) in [5, 5.41) is 0. The maximum absolute atomic E-state index is 13.3. The minimum absolute atomic E-state index is 0.108. The van der Waals surface area contributed by atoms with Crippen LogP contribution in [0.5, 0.6) is 0 Å². The van der Waals surface area contributed by atoms with Crippen LogP contribution < -0.4 is 0 Å². The molecule has 0 radical (unpaired) electrons. The first kappa shape index (κ1) is 21.7. The van der Waals surface area contributed by atoms with Crippen molar-refractivity contribution in [2.45, 2.75) is 31.8 Å². The molecule has 0 saturated carbocycles. The van der Waals surface area contributed by atoms with Crippen molar-refractivity contribution in [2.75, 3.05) is 13.1 Å². The summed E-state index contributed by atoms with van der Waals surface area (Å²) in [6.07, 6.45) is 4.92. The van der Waals surface area contributed by atoms with Crippen molar-refractivity contribution in [2.24, 2.45) is 0 Å². The molecular formula is C22H25N3O4S. The van der Waals surface area contributed by atoms with E-state index in [4.69, 9.17) is 4.42 Å². The van der Waals surface area contributed by atoms with Crippen LogP contribution in [0, 0.1) is 0 Å². The van der Waals surface area contributed by atoms with Crippen LogP contribution in [0.15, 0.2) is 76.5 Å². The quantitative estimate of drug-likeness (QED) is 0.521. The summed E-state index contributed by atoms with van der Waals surface area (Å²) in [4.78, 5) is 19.1. The Balaban J connectivity index is 1.92. The average Bonchev–Trinajstić information content (AvgIpc) is 3.27. The first-order valence-corrected chi connectivity index (χ1v) is 11.2. The normalized spacial score (nSPS) is 11.6. The van der Waals surface area contributed by atoms with Gasteiger partial charge in [0.05, 0.1) is 17.7 Å². The number of benzene rings is 1. The summed E-state index contributed by atoms with van der Waals surface area (Å²) in [5.41, 5.74) is 1.17. The van der Waals surface area contributed by atoms with Gasteiger partial charge in [-0.2, -0.15) is 4.31 Å². The molecule has 0 aliphatic rings. The van der Waals surface area contributed by atoms with Crippen molar-refractivity contribution in [3.8, 4) is 0 Å². The second-order valence-electron chi connectivity index (χ2n) is 6.72. The standard InChI is InChI=1S/C22H25N3O4S/c1-3-25(4-2)30(27,28)21-11-5-9-19(14-21)22(26)24(17-20-10-7-13-29-20)16-18-8-6-12-23-15-18/h5-15H,3-4,16-17H2,1-2H3. The third-order valence-electron chi connectivity index (χ3n) is 4.73. The molecule has 1 amide bonds. The smallest absolute Gasteiger partial charge is 0.254 e. The Labute approximate surface area is 177 Å². The number of hydrogen-bond donors (Lipinski definition) is 0. The maximum Gasteiger partial charge on any atom is 0.254 e. The third-order valence-corrected chi connectivity index (χ3v) is 6.78. The lowest BCUT2D eigenvalue weighted by Crippen LogP contribution is -2.32. The lowest BCUT2D eigenvalue weighted by Gasteiger charge is -2.23. The van der Waals surface area contributed by atoms with Gasteiger partial charge in [-0.05, 0) is 42.0 Å². The Bertz CT molecular complexity index is 1060. The minimum Gasteiger partial charge on any atom is -0.467 e. The van der Waals surface area contributed by atoms with Crippen LogP contribution in [0.25, 0.3) is 0 Å². The van der Waals surface area contributed by atoms with E-state index in [2.05, 4.69) is 4.98 Å². The Morgan fingerprint density at radius 1 is 1.03 bits per heavy atom. The van der Waals surface area contributed by atoms with Crippen LogP contribution in [0.2, 0.25) is 0 Å². The van der Waals surface area contributed by atoms with E-state index in [-0.39, 0.29) is 17.3 Å². The number of carbonyl (C=O) groups excluding carboxylic acids is 1. The lowest BCUT2D eigenvalue weighted by atomic mass is 10.1. The van der Waals surface area contributed by atoms with E-state index in [0.717, 1.165) is 5.56 Å². The van der Waals surface area contributed by atoms with E-state index in [1.165, 1.54) is 16.4 Å². The zero-order valence-corrected chi connectivity index (χ0v) is 17.9. The molecule has 0 atom stereocenters. The van der Waals surface area contributed by atoms with Gasteiger partial charge >= 0.3 is 0 Å². The molecule has 0 bridgehead atoms. The number of rotatable bonds is 9. The molecule has 0 fully saturated rings. The number of carbonyl (C=O) groups is 1. The fraction of sp³-hybridized carbons (Fsp3) is 0.273. The molecular weight excluding hydrogens is 402 g/mol. The minimum atomic E-state index is -3.66. The summed E-state index contributed by atoms with van der Waals surface area (Å²) in [7, 11) is -3.66. The molecule has 0 aliphatic carbocycles. The largest absolute Gasteiger partial charge is 0.467 e. The molecule has 30 heavy (non-hydrogen) atoms. The summed E-state index contributed by atoms with van der Waals surface area (Å²) in [5.74, 6) is 0.353. The van der Waals surface area contributed by atoms with Crippen LogP contribution in [0.3, 0.4) is 0 Å². The maximum atomic E-state index is 13.3. The molecule has 7 nitrogen and oxygen atoms in total. The third kappa shape index (κ3) is 4.95. The van der Waals surface area contributed by atoms with Gasteiger partial charge in [-0.25, -0.2) is 8.42 Å². The van der Waals surface area contributed by atoms with Gasteiger partial charge in [0.2, 0.25) is 10.0 Å². The Morgan fingerprint density at radius 3 is 2.47 bits per heavy atom. The summed E-state index contributed by atoms with van der Waals surface area (Å²) in [6, 6.07) is 13.4. The molecule has 0 saturated heterocycles. The molecule has 2 aromatic heterocycles. The van der Waals surface area contributed by atoms with Crippen LogP contribution in [-0.2, 0) is 23.1 Å². The average molecular weight is 428 g/mol. The molecule has 2 heterocycles. The summed E-state index contributed by atoms with van der Waals surface area (Å²) < 4.78 is 32.5. The van der Waals surface area contributed by atoms with Gasteiger partial charge in [0.15, 0.2) is 0 Å². The van der Waals surface area contributed by atoms with E-state index >= 15 is 0 Å². The first-order chi connectivity index (χ1) is 14.5. The second kappa shape index (κ2) is 9.69. The zero-order valence-electron chi connectivity index (χ0n) is 17.1. The number of amides is 1. The van der Waals surface area contributed by atoms with Crippen molar-refractivity contribution >= 4 is 15.9 Å². The van der Waals surface area contributed by atoms with Crippen LogP contribution in [-0.4, -0.2) is 41.6 Å². The Kier molecular flexibility index (Phi) is 7.02. The number of hydrogen-bond acceptors (Lipinski definition) is 5. The highest BCUT2D eigenvalue weighted by atomic mass is 32.2. The highest BCUT2D eigenvalue weighted by Crippen LogP contribution is 2.20. The molecule has 158 valence electrons. The van der Waals surface area contributed by atoms with Gasteiger partial charge < -0.3 is 9.32 Å². The predicted molar refractivity (Wildman–Crippen MR) is 113 cm³/mol. The van der Waals surface area contributed by atoms with Crippen LogP contribution in [0.1, 0.15) is 35.5 Å². The van der Waals surface area contributed by atoms with Gasteiger partial charge in [-0.3, -0.25) is 9.78 Å². The molecule has 0 unspecified atom stereocenters. The monoisotopic (exact) mass is 427 g/mol. The molecule has 3 rings (SSSR count). The van der Waals surface area contributed by atoms with Crippen molar-refractivity contribution in [1.29, 1.82) is 0 Å². The van der Waals surface area contributed by atoms with E-state index in [1.54, 1.807) is 61.7 Å². The highest BCUT2D eigenvalue weighted by molar-refractivity contribution is 7.89. The Hall–Kier alpha value is -2.97.